The molecule has 1 heterocycles. The fourth-order valence-electron chi connectivity index (χ4n) is 2.14. The number of aromatic nitrogens is 2. The van der Waals surface area contributed by atoms with Crippen LogP contribution < -0.4 is 11.1 Å². The molecule has 4 N–H and O–H groups in total. The quantitative estimate of drug-likeness (QED) is 0.705. The summed E-state index contributed by atoms with van der Waals surface area (Å²) >= 11 is 0. The third-order valence-electron chi connectivity index (χ3n) is 3.26. The lowest BCUT2D eigenvalue weighted by Crippen LogP contribution is -2.37. The Morgan fingerprint density at radius 3 is 2.75 bits per heavy atom. The van der Waals surface area contributed by atoms with Crippen LogP contribution in [-0.2, 0) is 0 Å². The maximum absolute atomic E-state index is 11.8. The summed E-state index contributed by atoms with van der Waals surface area (Å²) in [4.78, 5) is 11.8. The molecule has 0 atom stereocenters. The van der Waals surface area contributed by atoms with Crippen LogP contribution in [0.25, 0.3) is 0 Å². The lowest BCUT2D eigenvalue weighted by molar-refractivity contribution is 0.0924. The molecule has 88 valence electrons. The van der Waals surface area contributed by atoms with Gasteiger partial charge in [0.25, 0.3) is 5.91 Å². The second-order valence-electron chi connectivity index (χ2n) is 4.63. The highest BCUT2D eigenvalue weighted by Gasteiger charge is 2.21. The average molecular weight is 222 g/mol. The van der Waals surface area contributed by atoms with E-state index in [4.69, 9.17) is 5.73 Å². The minimum atomic E-state index is -0.120. The first-order valence-corrected chi connectivity index (χ1v) is 5.76. The molecule has 0 aromatic carbocycles. The molecule has 2 rings (SSSR count). The SMILES string of the molecule is CC1CCC(NC(=O)c2cn[nH]c2N)CC1. The molecule has 0 radical (unpaired) electrons. The largest absolute Gasteiger partial charge is 0.383 e. The molecule has 1 aliphatic carbocycles. The summed E-state index contributed by atoms with van der Waals surface area (Å²) in [6.07, 6.45) is 5.96. The highest BCUT2D eigenvalue weighted by atomic mass is 16.1. The summed E-state index contributed by atoms with van der Waals surface area (Å²) in [5.41, 5.74) is 6.03. The topological polar surface area (TPSA) is 83.8 Å². The zero-order chi connectivity index (χ0) is 11.5. The summed E-state index contributed by atoms with van der Waals surface area (Å²) in [5.74, 6) is 1.000. The third kappa shape index (κ3) is 2.35. The Balaban J connectivity index is 1.91. The van der Waals surface area contributed by atoms with Crippen molar-refractivity contribution in [3.8, 4) is 0 Å². The number of amides is 1. The number of hydrogen-bond acceptors (Lipinski definition) is 3. The standard InChI is InChI=1S/C11H18N4O/c1-7-2-4-8(5-3-7)14-11(16)9-6-13-15-10(9)12/h6-8H,2-5H2,1H3,(H,14,16)(H3,12,13,15). The van der Waals surface area contributed by atoms with Gasteiger partial charge in [-0.05, 0) is 31.6 Å². The summed E-state index contributed by atoms with van der Waals surface area (Å²) in [7, 11) is 0. The van der Waals surface area contributed by atoms with Crippen molar-refractivity contribution in [2.45, 2.75) is 38.6 Å². The highest BCUT2D eigenvalue weighted by Crippen LogP contribution is 2.23. The average Bonchev–Trinajstić information content (AvgIpc) is 2.68. The van der Waals surface area contributed by atoms with E-state index in [2.05, 4.69) is 22.4 Å². The number of nitrogens with one attached hydrogen (secondary N) is 2. The van der Waals surface area contributed by atoms with Gasteiger partial charge in [-0.3, -0.25) is 9.89 Å². The molecule has 1 saturated carbocycles. The lowest BCUT2D eigenvalue weighted by Gasteiger charge is -2.26. The minimum absolute atomic E-state index is 0.120. The van der Waals surface area contributed by atoms with Gasteiger partial charge in [-0.1, -0.05) is 6.92 Å². The molecule has 5 heteroatoms. The van der Waals surface area contributed by atoms with Gasteiger partial charge in [-0.15, -0.1) is 0 Å². The van der Waals surface area contributed by atoms with E-state index in [1.165, 1.54) is 19.0 Å². The predicted octanol–water partition coefficient (Wildman–Crippen LogP) is 1.30. The van der Waals surface area contributed by atoms with Crippen LogP contribution in [0.3, 0.4) is 0 Å². The molecule has 16 heavy (non-hydrogen) atoms. The van der Waals surface area contributed by atoms with Crippen LogP contribution in [0, 0.1) is 5.92 Å². The van der Waals surface area contributed by atoms with E-state index < -0.39 is 0 Å². The third-order valence-corrected chi connectivity index (χ3v) is 3.26. The van der Waals surface area contributed by atoms with Gasteiger partial charge in [0.2, 0.25) is 0 Å². The number of nitrogen functional groups attached to an aromatic ring is 1. The van der Waals surface area contributed by atoms with Gasteiger partial charge in [0.15, 0.2) is 0 Å². The Morgan fingerprint density at radius 2 is 2.19 bits per heavy atom. The van der Waals surface area contributed by atoms with E-state index in [0.29, 0.717) is 11.4 Å². The number of carbonyl (C=O) groups excluding carboxylic acids is 1. The first kappa shape index (κ1) is 11.0. The van der Waals surface area contributed by atoms with E-state index in [0.717, 1.165) is 18.8 Å². The first-order chi connectivity index (χ1) is 7.66. The molecule has 0 saturated heterocycles. The fourth-order valence-corrected chi connectivity index (χ4v) is 2.14. The zero-order valence-electron chi connectivity index (χ0n) is 9.49. The smallest absolute Gasteiger partial charge is 0.256 e. The summed E-state index contributed by atoms with van der Waals surface area (Å²) in [5, 5.41) is 9.30. The van der Waals surface area contributed by atoms with Crippen LogP contribution in [-0.4, -0.2) is 22.1 Å². The van der Waals surface area contributed by atoms with Crippen LogP contribution in [0.15, 0.2) is 6.20 Å². The van der Waals surface area contributed by atoms with Crippen LogP contribution >= 0.6 is 0 Å². The van der Waals surface area contributed by atoms with Crippen molar-refractivity contribution in [1.82, 2.24) is 15.5 Å². The minimum Gasteiger partial charge on any atom is -0.383 e. The number of carbonyl (C=O) groups is 1. The molecule has 1 amide bonds. The predicted molar refractivity (Wildman–Crippen MR) is 61.9 cm³/mol. The van der Waals surface area contributed by atoms with Gasteiger partial charge in [0.05, 0.1) is 6.20 Å². The number of nitrogens with two attached hydrogens (primary N) is 1. The molecule has 1 fully saturated rings. The summed E-state index contributed by atoms with van der Waals surface area (Å²) in [6.45, 7) is 2.26. The molecule has 1 aliphatic rings. The van der Waals surface area contributed by atoms with E-state index in [-0.39, 0.29) is 11.9 Å². The van der Waals surface area contributed by atoms with Crippen LogP contribution in [0.4, 0.5) is 5.82 Å². The van der Waals surface area contributed by atoms with E-state index >= 15 is 0 Å². The molecular formula is C11H18N4O. The van der Waals surface area contributed by atoms with Gasteiger partial charge in [0.1, 0.15) is 11.4 Å². The van der Waals surface area contributed by atoms with Crippen LogP contribution in [0.2, 0.25) is 0 Å². The molecular weight excluding hydrogens is 204 g/mol. The van der Waals surface area contributed by atoms with Gasteiger partial charge < -0.3 is 11.1 Å². The Morgan fingerprint density at radius 1 is 1.50 bits per heavy atom. The second kappa shape index (κ2) is 4.55. The normalized spacial score (nSPS) is 25.3. The lowest BCUT2D eigenvalue weighted by atomic mass is 9.87. The van der Waals surface area contributed by atoms with Crippen molar-refractivity contribution in [2.75, 3.05) is 5.73 Å². The van der Waals surface area contributed by atoms with E-state index in [1.54, 1.807) is 0 Å². The number of aromatic amines is 1. The number of hydrogen-bond donors (Lipinski definition) is 3. The molecule has 0 aliphatic heterocycles. The first-order valence-electron chi connectivity index (χ1n) is 5.76. The van der Waals surface area contributed by atoms with Gasteiger partial charge in [-0.25, -0.2) is 0 Å². The number of nitrogens with zero attached hydrogens (tertiary/aromatic N) is 1. The number of rotatable bonds is 2. The number of H-pyrrole nitrogens is 1. The van der Waals surface area contributed by atoms with Crippen molar-refractivity contribution in [2.24, 2.45) is 5.92 Å². The Bertz CT molecular complexity index is 366. The van der Waals surface area contributed by atoms with E-state index in [1.807, 2.05) is 0 Å². The van der Waals surface area contributed by atoms with Crippen LogP contribution in [0.1, 0.15) is 43.0 Å². The summed E-state index contributed by atoms with van der Waals surface area (Å²) in [6, 6.07) is 0.290. The van der Waals surface area contributed by atoms with Crippen molar-refractivity contribution in [1.29, 1.82) is 0 Å². The van der Waals surface area contributed by atoms with Crippen molar-refractivity contribution >= 4 is 11.7 Å². The molecule has 5 nitrogen and oxygen atoms in total. The van der Waals surface area contributed by atoms with Gasteiger partial charge in [-0.2, -0.15) is 5.10 Å². The Hall–Kier alpha value is -1.52. The van der Waals surface area contributed by atoms with Crippen molar-refractivity contribution < 1.29 is 4.79 Å². The maximum atomic E-state index is 11.8. The van der Waals surface area contributed by atoms with E-state index in [9.17, 15) is 4.79 Å². The monoisotopic (exact) mass is 222 g/mol. The van der Waals surface area contributed by atoms with Crippen LogP contribution in [0.5, 0.6) is 0 Å². The van der Waals surface area contributed by atoms with Gasteiger partial charge >= 0.3 is 0 Å². The fraction of sp³-hybridized carbons (Fsp3) is 0.636. The molecule has 0 spiro atoms. The summed E-state index contributed by atoms with van der Waals surface area (Å²) < 4.78 is 0. The Labute approximate surface area is 94.8 Å². The Kier molecular flexibility index (Phi) is 3.12. The molecule has 1 aromatic rings. The zero-order valence-corrected chi connectivity index (χ0v) is 9.49. The maximum Gasteiger partial charge on any atom is 0.256 e. The number of anilines is 1. The molecule has 1 aromatic heterocycles. The molecule has 0 unspecified atom stereocenters. The molecule has 0 bridgehead atoms. The van der Waals surface area contributed by atoms with Crippen molar-refractivity contribution in [3.05, 3.63) is 11.8 Å². The second-order valence-corrected chi connectivity index (χ2v) is 4.63. The van der Waals surface area contributed by atoms with Crippen molar-refractivity contribution in [3.63, 3.8) is 0 Å². The highest BCUT2D eigenvalue weighted by molar-refractivity contribution is 5.98. The van der Waals surface area contributed by atoms with Gasteiger partial charge in [0, 0.05) is 6.04 Å².